The first-order valence-corrected chi connectivity index (χ1v) is 5.46. The van der Waals surface area contributed by atoms with Gasteiger partial charge in [0.1, 0.15) is 0 Å². The van der Waals surface area contributed by atoms with Crippen molar-refractivity contribution in [2.75, 3.05) is 12.3 Å². The van der Waals surface area contributed by atoms with Crippen molar-refractivity contribution in [3.8, 4) is 0 Å². The van der Waals surface area contributed by atoms with Gasteiger partial charge >= 0.3 is 5.97 Å². The van der Waals surface area contributed by atoms with Crippen LogP contribution in [0.5, 0.6) is 0 Å². The Hall–Kier alpha value is -1.52. The third kappa shape index (κ3) is 3.25. The smallest absolute Gasteiger partial charge is 0.362 e. The second kappa shape index (κ2) is 5.53. The van der Waals surface area contributed by atoms with Crippen LogP contribution >= 0.6 is 0 Å². The Morgan fingerprint density at radius 1 is 1.56 bits per heavy atom. The van der Waals surface area contributed by atoms with Gasteiger partial charge in [0.05, 0.1) is 6.61 Å². The predicted molar refractivity (Wildman–Crippen MR) is 60.0 cm³/mol. The van der Waals surface area contributed by atoms with Crippen LogP contribution in [0.25, 0.3) is 0 Å². The van der Waals surface area contributed by atoms with Gasteiger partial charge in [0.15, 0.2) is 5.89 Å². The van der Waals surface area contributed by atoms with Crippen LogP contribution in [-0.2, 0) is 11.2 Å². The van der Waals surface area contributed by atoms with Gasteiger partial charge in [0.2, 0.25) is 11.6 Å². The summed E-state index contributed by atoms with van der Waals surface area (Å²) in [7, 11) is 0. The number of ether oxygens (including phenoxy) is 1. The number of esters is 1. The van der Waals surface area contributed by atoms with E-state index in [2.05, 4.69) is 18.8 Å². The minimum Gasteiger partial charge on any atom is -0.461 e. The lowest BCUT2D eigenvalue weighted by atomic mass is 10.1. The summed E-state index contributed by atoms with van der Waals surface area (Å²) >= 11 is 0. The van der Waals surface area contributed by atoms with E-state index in [0.717, 1.165) is 6.42 Å². The number of nitrogens with two attached hydrogens (primary N) is 1. The van der Waals surface area contributed by atoms with E-state index < -0.39 is 5.97 Å². The van der Waals surface area contributed by atoms with Crippen molar-refractivity contribution in [2.45, 2.75) is 33.6 Å². The fraction of sp³-hybridized carbons (Fsp3) is 0.636. The molecule has 0 atom stereocenters. The topological polar surface area (TPSA) is 78.3 Å². The van der Waals surface area contributed by atoms with Crippen molar-refractivity contribution in [3.05, 3.63) is 11.6 Å². The average molecular weight is 226 g/mol. The first-order chi connectivity index (χ1) is 7.54. The van der Waals surface area contributed by atoms with E-state index >= 15 is 0 Å². The summed E-state index contributed by atoms with van der Waals surface area (Å²) in [5, 5.41) is 0. The molecule has 90 valence electrons. The number of nitrogen functional groups attached to an aromatic ring is 1. The molecule has 2 N–H and O–H groups in total. The lowest BCUT2D eigenvalue weighted by Crippen LogP contribution is -2.07. The first-order valence-electron chi connectivity index (χ1n) is 5.46. The third-order valence-corrected chi connectivity index (χ3v) is 2.10. The minimum absolute atomic E-state index is 0.0391. The quantitative estimate of drug-likeness (QED) is 0.777. The molecule has 0 fully saturated rings. The second-order valence-corrected chi connectivity index (χ2v) is 3.97. The molecule has 0 bridgehead atoms. The summed E-state index contributed by atoms with van der Waals surface area (Å²) < 4.78 is 10.0. The van der Waals surface area contributed by atoms with Crippen LogP contribution < -0.4 is 5.73 Å². The number of nitrogens with zero attached hydrogens (tertiary/aromatic N) is 1. The van der Waals surface area contributed by atoms with Gasteiger partial charge in [0.25, 0.3) is 0 Å². The van der Waals surface area contributed by atoms with Gasteiger partial charge in [-0.15, -0.1) is 0 Å². The predicted octanol–water partition coefficient (Wildman–Crippen LogP) is 2.02. The molecule has 5 heteroatoms. The molecule has 0 aliphatic heterocycles. The number of hydrogen-bond donors (Lipinski definition) is 1. The molecule has 0 unspecified atom stereocenters. The molecule has 1 aromatic rings. The lowest BCUT2D eigenvalue weighted by Gasteiger charge is -1.99. The molecule has 16 heavy (non-hydrogen) atoms. The van der Waals surface area contributed by atoms with E-state index in [1.165, 1.54) is 0 Å². The fourth-order valence-corrected chi connectivity index (χ4v) is 1.24. The monoisotopic (exact) mass is 226 g/mol. The Morgan fingerprint density at radius 2 is 2.25 bits per heavy atom. The summed E-state index contributed by atoms with van der Waals surface area (Å²) in [6, 6.07) is 0. The maximum absolute atomic E-state index is 11.4. The molecule has 0 amide bonds. The standard InChI is InChI=1S/C11H18N2O3/c1-4-15-11(14)9-10(12)16-8(13-9)6-5-7(2)3/h7H,4-6,12H2,1-3H3. The van der Waals surface area contributed by atoms with Crippen molar-refractivity contribution in [1.29, 1.82) is 0 Å². The number of hydrogen-bond acceptors (Lipinski definition) is 5. The van der Waals surface area contributed by atoms with E-state index in [1.54, 1.807) is 6.92 Å². The molecule has 0 aliphatic rings. The average Bonchev–Trinajstić information content (AvgIpc) is 2.57. The number of anilines is 1. The van der Waals surface area contributed by atoms with Crippen LogP contribution in [0.2, 0.25) is 0 Å². The fourth-order valence-electron chi connectivity index (χ4n) is 1.24. The Kier molecular flexibility index (Phi) is 4.34. The van der Waals surface area contributed by atoms with Gasteiger partial charge in [0, 0.05) is 6.42 Å². The van der Waals surface area contributed by atoms with Crippen LogP contribution in [-0.4, -0.2) is 17.6 Å². The molecule has 0 aromatic carbocycles. The molecule has 1 rings (SSSR count). The number of oxazole rings is 1. The third-order valence-electron chi connectivity index (χ3n) is 2.10. The zero-order valence-electron chi connectivity index (χ0n) is 9.95. The van der Waals surface area contributed by atoms with Gasteiger partial charge in [-0.2, -0.15) is 0 Å². The summed E-state index contributed by atoms with van der Waals surface area (Å²) in [6.45, 7) is 6.25. The molecular weight excluding hydrogens is 208 g/mol. The number of aryl methyl sites for hydroxylation is 1. The minimum atomic E-state index is -0.528. The van der Waals surface area contributed by atoms with E-state index in [0.29, 0.717) is 24.8 Å². The zero-order chi connectivity index (χ0) is 12.1. The summed E-state index contributed by atoms with van der Waals surface area (Å²) in [5.74, 6) is 0.560. The van der Waals surface area contributed by atoms with Gasteiger partial charge in [-0.1, -0.05) is 13.8 Å². The normalized spacial score (nSPS) is 10.8. The summed E-state index contributed by atoms with van der Waals surface area (Å²) in [5.41, 5.74) is 5.63. The Morgan fingerprint density at radius 3 is 2.81 bits per heavy atom. The molecule has 0 spiro atoms. The van der Waals surface area contributed by atoms with E-state index in [4.69, 9.17) is 14.9 Å². The van der Waals surface area contributed by atoms with Crippen LogP contribution in [0.4, 0.5) is 5.88 Å². The molecule has 0 aliphatic carbocycles. The lowest BCUT2D eigenvalue weighted by molar-refractivity contribution is 0.0521. The van der Waals surface area contributed by atoms with Crippen LogP contribution in [0, 0.1) is 5.92 Å². The molecule has 1 aromatic heterocycles. The summed E-state index contributed by atoms with van der Waals surface area (Å²) in [4.78, 5) is 15.4. The largest absolute Gasteiger partial charge is 0.461 e. The summed E-state index contributed by atoms with van der Waals surface area (Å²) in [6.07, 6.45) is 1.63. The van der Waals surface area contributed by atoms with Gasteiger partial charge < -0.3 is 14.9 Å². The number of aromatic nitrogens is 1. The number of carbonyl (C=O) groups excluding carboxylic acids is 1. The number of rotatable bonds is 5. The Balaban J connectivity index is 2.69. The first kappa shape index (κ1) is 12.5. The van der Waals surface area contributed by atoms with Crippen molar-refractivity contribution in [2.24, 2.45) is 5.92 Å². The SMILES string of the molecule is CCOC(=O)c1nc(CCC(C)C)oc1N. The highest BCUT2D eigenvalue weighted by molar-refractivity contribution is 5.91. The number of carbonyl (C=O) groups is 1. The van der Waals surface area contributed by atoms with Crippen LogP contribution in [0.1, 0.15) is 43.6 Å². The zero-order valence-corrected chi connectivity index (χ0v) is 9.95. The highest BCUT2D eigenvalue weighted by Crippen LogP contribution is 2.17. The van der Waals surface area contributed by atoms with Crippen LogP contribution in [0.15, 0.2) is 4.42 Å². The van der Waals surface area contributed by atoms with Gasteiger partial charge in [-0.3, -0.25) is 0 Å². The van der Waals surface area contributed by atoms with Crippen molar-refractivity contribution in [1.82, 2.24) is 4.98 Å². The molecule has 0 radical (unpaired) electrons. The van der Waals surface area contributed by atoms with Crippen molar-refractivity contribution in [3.63, 3.8) is 0 Å². The maximum atomic E-state index is 11.4. The van der Waals surface area contributed by atoms with Crippen molar-refractivity contribution >= 4 is 11.9 Å². The van der Waals surface area contributed by atoms with E-state index in [1.807, 2.05) is 0 Å². The maximum Gasteiger partial charge on any atom is 0.362 e. The highest BCUT2D eigenvalue weighted by atomic mass is 16.5. The van der Waals surface area contributed by atoms with Gasteiger partial charge in [-0.25, -0.2) is 9.78 Å². The molecular formula is C11H18N2O3. The van der Waals surface area contributed by atoms with E-state index in [9.17, 15) is 4.79 Å². The highest BCUT2D eigenvalue weighted by Gasteiger charge is 2.18. The second-order valence-electron chi connectivity index (χ2n) is 3.97. The molecule has 0 saturated heterocycles. The Bertz CT molecular complexity index is 358. The Labute approximate surface area is 95.0 Å². The molecule has 5 nitrogen and oxygen atoms in total. The van der Waals surface area contributed by atoms with Crippen LogP contribution in [0.3, 0.4) is 0 Å². The van der Waals surface area contributed by atoms with E-state index in [-0.39, 0.29) is 11.6 Å². The molecule has 0 saturated carbocycles. The molecule has 1 heterocycles. The van der Waals surface area contributed by atoms with Gasteiger partial charge in [-0.05, 0) is 19.3 Å². The van der Waals surface area contributed by atoms with Crippen molar-refractivity contribution < 1.29 is 13.9 Å².